The third-order valence-electron chi connectivity index (χ3n) is 1.31. The third-order valence-corrected chi connectivity index (χ3v) is 5.35. The number of nitrogens with two attached hydrogens (primary N) is 1. The Kier molecular flexibility index (Phi) is 4.90. The molecule has 0 aliphatic carbocycles. The van der Waals surface area contributed by atoms with Crippen LogP contribution in [0.3, 0.4) is 0 Å². The van der Waals surface area contributed by atoms with E-state index in [1.54, 1.807) is 13.0 Å². The Morgan fingerprint density at radius 2 is 2.43 bits per heavy atom. The zero-order chi connectivity index (χ0) is 10.6. The van der Waals surface area contributed by atoms with Crippen LogP contribution in [-0.2, 0) is 14.3 Å². The number of hydrogen-bond donors (Lipinski definition) is 1. The monoisotopic (exact) mass is 374 g/mol. The van der Waals surface area contributed by atoms with Crippen LogP contribution in [0.1, 0.15) is 6.92 Å². The maximum absolute atomic E-state index is 11.3. The molecule has 0 bridgehead atoms. The summed E-state index contributed by atoms with van der Waals surface area (Å²) < 4.78 is 12.3. The van der Waals surface area contributed by atoms with Gasteiger partial charge in [-0.2, -0.15) is 0 Å². The fourth-order valence-electron chi connectivity index (χ4n) is 0.800. The summed E-state index contributed by atoms with van der Waals surface area (Å²) in [6.45, 7) is 2.31. The summed E-state index contributed by atoms with van der Waals surface area (Å²) in [7, 11) is 0. The van der Waals surface area contributed by atoms with Crippen molar-refractivity contribution in [1.82, 2.24) is 0 Å². The van der Waals surface area contributed by atoms with Crippen LogP contribution in [0.4, 0.5) is 0 Å². The average Bonchev–Trinajstić information content (AvgIpc) is 2.49. The van der Waals surface area contributed by atoms with Crippen LogP contribution in [-0.4, -0.2) is 19.3 Å². The summed E-state index contributed by atoms with van der Waals surface area (Å²) >= 11 is 2.74. The second-order valence-electron chi connectivity index (χ2n) is 2.24. The summed E-state index contributed by atoms with van der Waals surface area (Å²) in [5, 5.41) is 0. The van der Waals surface area contributed by atoms with Gasteiger partial charge in [-0.25, -0.2) is 0 Å². The van der Waals surface area contributed by atoms with Crippen molar-refractivity contribution >= 4 is 21.9 Å². The van der Waals surface area contributed by atoms with E-state index < -0.39 is 21.2 Å². The van der Waals surface area contributed by atoms with Crippen LogP contribution in [0, 0.1) is 0 Å². The number of carbonyl (C=O) groups excluding carboxylic acids is 1. The van der Waals surface area contributed by atoms with Crippen molar-refractivity contribution in [3.05, 3.63) is 17.9 Å². The number of halogens is 2. The zero-order valence-electron chi connectivity index (χ0n) is 7.55. The van der Waals surface area contributed by atoms with E-state index in [4.69, 9.17) is 15.2 Å². The molecule has 0 radical (unpaired) electrons. The predicted octanol–water partition coefficient (Wildman–Crippen LogP) is -1.97. The SMILES string of the molecule is CCOC(=O)C1=CC(Br)=C(OCN)[I-]1. The Labute approximate surface area is 101 Å². The fourth-order valence-corrected chi connectivity index (χ4v) is 4.19. The molecule has 1 heterocycles. The van der Waals surface area contributed by atoms with Gasteiger partial charge in [0.1, 0.15) is 0 Å². The van der Waals surface area contributed by atoms with E-state index in [0.717, 1.165) is 8.25 Å². The van der Waals surface area contributed by atoms with Gasteiger partial charge in [0.2, 0.25) is 0 Å². The summed E-state index contributed by atoms with van der Waals surface area (Å²) in [5.41, 5.74) is 5.25. The van der Waals surface area contributed by atoms with Crippen molar-refractivity contribution in [2.24, 2.45) is 5.73 Å². The van der Waals surface area contributed by atoms with E-state index in [0.29, 0.717) is 10.2 Å². The van der Waals surface area contributed by atoms with Gasteiger partial charge in [0, 0.05) is 0 Å². The number of allylic oxidation sites excluding steroid dienone is 2. The molecular formula is C8H10BrINO3-. The van der Waals surface area contributed by atoms with Crippen LogP contribution in [0.2, 0.25) is 0 Å². The quantitative estimate of drug-likeness (QED) is 0.352. The molecule has 6 heteroatoms. The van der Waals surface area contributed by atoms with Gasteiger partial charge in [-0.1, -0.05) is 0 Å². The molecule has 0 amide bonds. The molecule has 0 unspecified atom stereocenters. The Balaban J connectivity index is 2.57. The molecule has 0 fully saturated rings. The summed E-state index contributed by atoms with van der Waals surface area (Å²) in [4.78, 5) is 11.3. The molecule has 0 aromatic rings. The Hall–Kier alpha value is -0.0800. The van der Waals surface area contributed by atoms with E-state index in [1.807, 2.05) is 0 Å². The first-order valence-electron chi connectivity index (χ1n) is 3.95. The van der Waals surface area contributed by atoms with E-state index in [2.05, 4.69) is 15.9 Å². The number of hydrogen-bond acceptors (Lipinski definition) is 4. The van der Waals surface area contributed by atoms with E-state index in [-0.39, 0.29) is 12.7 Å². The van der Waals surface area contributed by atoms with Gasteiger partial charge in [-0.15, -0.1) is 0 Å². The van der Waals surface area contributed by atoms with E-state index in [1.165, 1.54) is 0 Å². The molecule has 0 saturated carbocycles. The molecule has 4 nitrogen and oxygen atoms in total. The molecule has 1 aliphatic rings. The first-order valence-corrected chi connectivity index (χ1v) is 6.90. The molecule has 14 heavy (non-hydrogen) atoms. The Morgan fingerprint density at radius 3 is 3.00 bits per heavy atom. The number of esters is 1. The van der Waals surface area contributed by atoms with Crippen LogP contribution in [0.25, 0.3) is 0 Å². The standard InChI is InChI=1S/C8H10BrINO3/c1-2-13-8(12)6-3-5(9)7(10-6)14-4-11/h3H,2,4,11H2,1H3/q-1. The number of ether oxygens (including phenoxy) is 2. The van der Waals surface area contributed by atoms with Crippen molar-refractivity contribution < 1.29 is 35.5 Å². The molecule has 0 atom stereocenters. The van der Waals surface area contributed by atoms with Crippen molar-refractivity contribution in [2.45, 2.75) is 6.92 Å². The zero-order valence-corrected chi connectivity index (χ0v) is 11.3. The molecule has 0 saturated heterocycles. The molecule has 80 valence electrons. The molecular weight excluding hydrogens is 365 g/mol. The first kappa shape index (κ1) is 12.0. The van der Waals surface area contributed by atoms with Gasteiger partial charge in [0.15, 0.2) is 0 Å². The maximum atomic E-state index is 11.3. The van der Waals surface area contributed by atoms with Gasteiger partial charge in [0.25, 0.3) is 0 Å². The van der Waals surface area contributed by atoms with Crippen LogP contribution in [0.5, 0.6) is 0 Å². The van der Waals surface area contributed by atoms with Crippen LogP contribution < -0.4 is 26.9 Å². The van der Waals surface area contributed by atoms with E-state index in [9.17, 15) is 4.79 Å². The van der Waals surface area contributed by atoms with Crippen LogP contribution in [0.15, 0.2) is 17.9 Å². The normalized spacial score (nSPS) is 16.1. The minimum absolute atomic E-state index is 0.133. The summed E-state index contributed by atoms with van der Waals surface area (Å²) in [5.74, 6) is -0.257. The topological polar surface area (TPSA) is 61.5 Å². The summed E-state index contributed by atoms with van der Waals surface area (Å²) in [6, 6.07) is 0. The van der Waals surface area contributed by atoms with Crippen molar-refractivity contribution in [2.75, 3.05) is 13.3 Å². The molecule has 1 rings (SSSR count). The minimum atomic E-state index is -0.572. The van der Waals surface area contributed by atoms with Crippen molar-refractivity contribution in [3.8, 4) is 0 Å². The second-order valence-corrected chi connectivity index (χ2v) is 5.78. The molecule has 2 N–H and O–H groups in total. The second kappa shape index (κ2) is 5.72. The van der Waals surface area contributed by atoms with Gasteiger partial charge >= 0.3 is 101 Å². The van der Waals surface area contributed by atoms with E-state index >= 15 is 0 Å². The van der Waals surface area contributed by atoms with Crippen molar-refractivity contribution in [1.29, 1.82) is 0 Å². The first-order chi connectivity index (χ1) is 6.69. The average molecular weight is 375 g/mol. The van der Waals surface area contributed by atoms with Gasteiger partial charge in [-0.05, 0) is 0 Å². The van der Waals surface area contributed by atoms with Crippen molar-refractivity contribution in [3.63, 3.8) is 0 Å². The Bertz CT molecular complexity index is 301. The van der Waals surface area contributed by atoms with Crippen LogP contribution >= 0.6 is 15.9 Å². The molecule has 0 aromatic carbocycles. The molecule has 0 spiro atoms. The van der Waals surface area contributed by atoms with Gasteiger partial charge in [-0.3, -0.25) is 0 Å². The summed E-state index contributed by atoms with van der Waals surface area (Å²) in [6.07, 6.45) is 1.75. The Morgan fingerprint density at radius 1 is 1.71 bits per heavy atom. The fraction of sp³-hybridized carbons (Fsp3) is 0.375. The number of carbonyl (C=O) groups is 1. The molecule has 0 aromatic heterocycles. The molecule has 1 aliphatic heterocycles. The predicted molar refractivity (Wildman–Crippen MR) is 50.8 cm³/mol. The number of rotatable bonds is 4. The van der Waals surface area contributed by atoms with Gasteiger partial charge in [0.05, 0.1) is 0 Å². The van der Waals surface area contributed by atoms with Gasteiger partial charge < -0.3 is 0 Å². The third kappa shape index (κ3) is 2.96.